The van der Waals surface area contributed by atoms with Gasteiger partial charge < -0.3 is 15.0 Å². The van der Waals surface area contributed by atoms with Crippen molar-refractivity contribution in [1.29, 1.82) is 0 Å². The van der Waals surface area contributed by atoms with Crippen molar-refractivity contribution in [3.63, 3.8) is 0 Å². The Morgan fingerprint density at radius 1 is 1.33 bits per heavy atom. The van der Waals surface area contributed by atoms with Crippen molar-refractivity contribution in [2.45, 2.75) is 13.2 Å². The molecular formula is C18H23N3O2S. The summed E-state index contributed by atoms with van der Waals surface area (Å²) in [5.41, 5.74) is 1.97. The summed E-state index contributed by atoms with van der Waals surface area (Å²) in [7, 11) is 5.57. The molecule has 128 valence electrons. The largest absolute Gasteiger partial charge is 0.378 e. The molecule has 1 amide bonds. The molecule has 6 heteroatoms. The molecule has 1 aromatic carbocycles. The maximum absolute atomic E-state index is 11.9. The van der Waals surface area contributed by atoms with Crippen molar-refractivity contribution in [3.8, 4) is 10.4 Å². The van der Waals surface area contributed by atoms with Crippen molar-refractivity contribution >= 4 is 17.2 Å². The number of ether oxygens (including phenoxy) is 1. The SMILES string of the molecule is COCc1nc(CNC(=O)/C=C/CN(C)C)c(-c2ccccc2)s1. The summed E-state index contributed by atoms with van der Waals surface area (Å²) in [6.45, 7) is 1.61. The monoisotopic (exact) mass is 345 g/mol. The van der Waals surface area contributed by atoms with Crippen LogP contribution in [0.1, 0.15) is 10.7 Å². The highest BCUT2D eigenvalue weighted by Gasteiger charge is 2.13. The first-order chi connectivity index (χ1) is 11.6. The molecule has 2 aromatic rings. The van der Waals surface area contributed by atoms with E-state index in [1.165, 1.54) is 0 Å². The number of hydrogen-bond donors (Lipinski definition) is 1. The summed E-state index contributed by atoms with van der Waals surface area (Å²) in [6, 6.07) is 10.1. The number of carbonyl (C=O) groups is 1. The van der Waals surface area contributed by atoms with Crippen LogP contribution in [0, 0.1) is 0 Å². The molecule has 0 aliphatic carbocycles. The zero-order valence-corrected chi connectivity index (χ0v) is 15.1. The molecule has 0 saturated heterocycles. The Bertz CT molecular complexity index is 681. The molecule has 2 rings (SSSR count). The molecule has 24 heavy (non-hydrogen) atoms. The molecule has 0 atom stereocenters. The van der Waals surface area contributed by atoms with Gasteiger partial charge in [0, 0.05) is 19.7 Å². The lowest BCUT2D eigenvalue weighted by molar-refractivity contribution is -0.116. The summed E-state index contributed by atoms with van der Waals surface area (Å²) in [4.78, 5) is 19.6. The van der Waals surface area contributed by atoms with Crippen LogP contribution in [0.25, 0.3) is 10.4 Å². The molecular weight excluding hydrogens is 322 g/mol. The van der Waals surface area contributed by atoms with E-state index in [4.69, 9.17) is 4.74 Å². The smallest absolute Gasteiger partial charge is 0.244 e. The Morgan fingerprint density at radius 2 is 2.08 bits per heavy atom. The van der Waals surface area contributed by atoms with Gasteiger partial charge in [-0.1, -0.05) is 36.4 Å². The number of aromatic nitrogens is 1. The Hall–Kier alpha value is -2.02. The Balaban J connectivity index is 2.08. The van der Waals surface area contributed by atoms with Crippen LogP contribution in [0.5, 0.6) is 0 Å². The molecule has 0 unspecified atom stereocenters. The average Bonchev–Trinajstić information content (AvgIpc) is 2.97. The zero-order valence-electron chi connectivity index (χ0n) is 14.3. The highest BCUT2D eigenvalue weighted by Crippen LogP contribution is 2.30. The third-order valence-corrected chi connectivity index (χ3v) is 4.34. The van der Waals surface area contributed by atoms with Crippen molar-refractivity contribution in [1.82, 2.24) is 15.2 Å². The molecule has 0 bridgehead atoms. The second kappa shape index (κ2) is 9.32. The van der Waals surface area contributed by atoms with Gasteiger partial charge in [0.25, 0.3) is 0 Å². The van der Waals surface area contributed by atoms with Crippen LogP contribution in [-0.2, 0) is 22.7 Å². The van der Waals surface area contributed by atoms with E-state index in [1.807, 2.05) is 55.4 Å². The average molecular weight is 345 g/mol. The highest BCUT2D eigenvalue weighted by molar-refractivity contribution is 7.15. The lowest BCUT2D eigenvalue weighted by Crippen LogP contribution is -2.21. The fraction of sp³-hybridized carbons (Fsp3) is 0.333. The highest BCUT2D eigenvalue weighted by atomic mass is 32.1. The number of nitrogens with zero attached hydrogens (tertiary/aromatic N) is 2. The minimum absolute atomic E-state index is 0.114. The molecule has 0 aliphatic heterocycles. The van der Waals surface area contributed by atoms with Gasteiger partial charge in [-0.25, -0.2) is 4.98 Å². The van der Waals surface area contributed by atoms with Crippen molar-refractivity contribution < 1.29 is 9.53 Å². The van der Waals surface area contributed by atoms with E-state index in [-0.39, 0.29) is 5.91 Å². The predicted octanol–water partition coefficient (Wildman–Crippen LogP) is 2.69. The number of hydrogen-bond acceptors (Lipinski definition) is 5. The lowest BCUT2D eigenvalue weighted by atomic mass is 10.1. The Labute approximate surface area is 147 Å². The van der Waals surface area contributed by atoms with E-state index >= 15 is 0 Å². The first kappa shape index (κ1) is 18.3. The van der Waals surface area contributed by atoms with Crippen LogP contribution < -0.4 is 5.32 Å². The van der Waals surface area contributed by atoms with E-state index in [0.29, 0.717) is 13.2 Å². The quantitative estimate of drug-likeness (QED) is 0.748. The molecule has 1 heterocycles. The maximum atomic E-state index is 11.9. The second-order valence-corrected chi connectivity index (χ2v) is 6.65. The third kappa shape index (κ3) is 5.56. The molecule has 0 radical (unpaired) electrons. The molecule has 0 spiro atoms. The molecule has 1 N–H and O–H groups in total. The van der Waals surface area contributed by atoms with Crippen molar-refractivity contribution in [2.24, 2.45) is 0 Å². The third-order valence-electron chi connectivity index (χ3n) is 3.22. The number of methoxy groups -OCH3 is 1. The molecule has 0 saturated carbocycles. The number of carbonyl (C=O) groups excluding carboxylic acids is 1. The van der Waals surface area contributed by atoms with Crippen LogP contribution in [0.3, 0.4) is 0 Å². The normalized spacial score (nSPS) is 11.3. The summed E-state index contributed by atoms with van der Waals surface area (Å²) in [6.07, 6.45) is 3.40. The lowest BCUT2D eigenvalue weighted by Gasteiger charge is -2.05. The number of benzene rings is 1. The summed E-state index contributed by atoms with van der Waals surface area (Å²) in [5, 5.41) is 3.80. The molecule has 1 aromatic heterocycles. The standard InChI is InChI=1S/C18H23N3O2S/c1-21(2)11-7-10-16(22)19-12-15-18(14-8-5-4-6-9-14)24-17(20-15)13-23-3/h4-10H,11-13H2,1-3H3,(H,19,22)/b10-7+. The van der Waals surface area contributed by atoms with Crippen LogP contribution in [0.15, 0.2) is 42.5 Å². The maximum Gasteiger partial charge on any atom is 0.244 e. The van der Waals surface area contributed by atoms with Gasteiger partial charge >= 0.3 is 0 Å². The number of thiazole rings is 1. The van der Waals surface area contributed by atoms with E-state index < -0.39 is 0 Å². The predicted molar refractivity (Wildman–Crippen MR) is 97.8 cm³/mol. The van der Waals surface area contributed by atoms with E-state index in [2.05, 4.69) is 10.3 Å². The van der Waals surface area contributed by atoms with Gasteiger partial charge in [-0.2, -0.15) is 0 Å². The minimum Gasteiger partial charge on any atom is -0.378 e. The molecule has 0 fully saturated rings. The van der Waals surface area contributed by atoms with E-state index in [9.17, 15) is 4.79 Å². The minimum atomic E-state index is -0.114. The Morgan fingerprint density at radius 3 is 2.75 bits per heavy atom. The second-order valence-electron chi connectivity index (χ2n) is 5.56. The zero-order chi connectivity index (χ0) is 17.4. The van der Waals surface area contributed by atoms with Crippen LogP contribution in [-0.4, -0.2) is 43.5 Å². The van der Waals surface area contributed by atoms with Crippen molar-refractivity contribution in [3.05, 3.63) is 53.2 Å². The number of rotatable bonds is 8. The van der Waals surface area contributed by atoms with E-state index in [0.717, 1.165) is 27.7 Å². The van der Waals surface area contributed by atoms with Crippen LogP contribution >= 0.6 is 11.3 Å². The Kier molecular flexibility index (Phi) is 7.11. The number of amides is 1. The molecule has 0 aliphatic rings. The van der Waals surface area contributed by atoms with Gasteiger partial charge in [0.15, 0.2) is 0 Å². The van der Waals surface area contributed by atoms with Gasteiger partial charge in [0.1, 0.15) is 5.01 Å². The summed E-state index contributed by atoms with van der Waals surface area (Å²) in [5.74, 6) is -0.114. The van der Waals surface area contributed by atoms with Gasteiger partial charge in [-0.05, 0) is 19.7 Å². The van der Waals surface area contributed by atoms with E-state index in [1.54, 1.807) is 24.5 Å². The fourth-order valence-corrected chi connectivity index (χ4v) is 3.18. The van der Waals surface area contributed by atoms with Gasteiger partial charge in [0.05, 0.1) is 23.7 Å². The first-order valence-corrected chi connectivity index (χ1v) is 8.54. The van der Waals surface area contributed by atoms with Gasteiger partial charge in [-0.15, -0.1) is 11.3 Å². The summed E-state index contributed by atoms with van der Waals surface area (Å²) < 4.78 is 5.18. The number of nitrogens with one attached hydrogen (secondary N) is 1. The topological polar surface area (TPSA) is 54.5 Å². The molecule has 5 nitrogen and oxygen atoms in total. The summed E-state index contributed by atoms with van der Waals surface area (Å²) >= 11 is 1.60. The fourth-order valence-electron chi connectivity index (χ4n) is 2.12. The van der Waals surface area contributed by atoms with Crippen LogP contribution in [0.4, 0.5) is 0 Å². The van der Waals surface area contributed by atoms with Gasteiger partial charge in [0.2, 0.25) is 5.91 Å². The van der Waals surface area contributed by atoms with Gasteiger partial charge in [-0.3, -0.25) is 4.79 Å². The number of likely N-dealkylation sites (N-methyl/N-ethyl adjacent to an activating group) is 1. The van der Waals surface area contributed by atoms with Crippen molar-refractivity contribution in [2.75, 3.05) is 27.7 Å². The first-order valence-electron chi connectivity index (χ1n) is 7.72. The van der Waals surface area contributed by atoms with Crippen LogP contribution in [0.2, 0.25) is 0 Å².